The number of hydrogen-bond donors (Lipinski definition) is 5. The summed E-state index contributed by atoms with van der Waals surface area (Å²) in [6, 6.07) is 4.10. The molecule has 1 aliphatic heterocycles. The summed E-state index contributed by atoms with van der Waals surface area (Å²) in [5.41, 5.74) is 0.355. The molecule has 1 aliphatic rings. The molecule has 2 aromatic rings. The minimum absolute atomic E-state index is 0.0105. The number of halogens is 1. The average Bonchev–Trinajstić information content (AvgIpc) is 2.85. The van der Waals surface area contributed by atoms with Crippen LogP contribution in [0.2, 0.25) is 0 Å². The van der Waals surface area contributed by atoms with Crippen molar-refractivity contribution in [3.05, 3.63) is 41.7 Å². The zero-order chi connectivity index (χ0) is 18.9. The van der Waals surface area contributed by atoms with Gasteiger partial charge in [0, 0.05) is 6.54 Å². The number of phenolic OH excluding ortho intramolecular Hbond substituents is 1. The molecule has 0 unspecified atom stereocenters. The summed E-state index contributed by atoms with van der Waals surface area (Å²) < 4.78 is 36.6. The highest BCUT2D eigenvalue weighted by Gasteiger charge is 2.37. The second-order valence-corrected chi connectivity index (χ2v) is 6.97. The fourth-order valence-electron chi connectivity index (χ4n) is 2.34. The molecule has 2 heterocycles. The lowest BCUT2D eigenvalue weighted by Gasteiger charge is -2.36. The summed E-state index contributed by atoms with van der Waals surface area (Å²) in [4.78, 5) is 18.9. The van der Waals surface area contributed by atoms with Crippen LogP contribution in [0.4, 0.5) is 15.8 Å². The van der Waals surface area contributed by atoms with Gasteiger partial charge in [-0.1, -0.05) is 0 Å². The minimum Gasteiger partial charge on any atom is -0.506 e. The molecule has 1 aromatic heterocycles. The lowest BCUT2D eigenvalue weighted by molar-refractivity contribution is -0.117. The van der Waals surface area contributed by atoms with E-state index in [4.69, 9.17) is 5.26 Å². The molecular formula is C14H13FN6O4S. The number of benzene rings is 1. The third kappa shape index (κ3) is 3.45. The van der Waals surface area contributed by atoms with Gasteiger partial charge in [-0.05, 0) is 28.7 Å². The first-order valence-electron chi connectivity index (χ1n) is 7.14. The van der Waals surface area contributed by atoms with Crippen molar-refractivity contribution in [3.8, 4) is 11.8 Å². The lowest BCUT2D eigenvalue weighted by atomic mass is 10.1. The van der Waals surface area contributed by atoms with E-state index in [2.05, 4.69) is 15.3 Å². The number of aromatic hydroxyl groups is 1. The smallest absolute Gasteiger partial charge is 0.260 e. The van der Waals surface area contributed by atoms with Gasteiger partial charge in [-0.25, -0.2) is 23.4 Å². The van der Waals surface area contributed by atoms with Crippen molar-refractivity contribution in [2.45, 2.75) is 6.54 Å². The van der Waals surface area contributed by atoms with Gasteiger partial charge in [-0.2, -0.15) is 5.26 Å². The van der Waals surface area contributed by atoms with Crippen molar-refractivity contribution >= 4 is 28.2 Å². The summed E-state index contributed by atoms with van der Waals surface area (Å²) in [5, 5.41) is 21.6. The Balaban J connectivity index is 1.79. The SMILES string of the molecule is N#Cc1ncc(NCc2cc(O)c(N3CC(=O)NS3(O)O)c(F)c2)cn1. The number of amides is 1. The van der Waals surface area contributed by atoms with Crippen LogP contribution in [-0.4, -0.2) is 36.6 Å². The van der Waals surface area contributed by atoms with Crippen LogP contribution < -0.4 is 14.3 Å². The maximum absolute atomic E-state index is 14.4. The van der Waals surface area contributed by atoms with Crippen molar-refractivity contribution < 1.29 is 23.4 Å². The summed E-state index contributed by atoms with van der Waals surface area (Å²) in [6.07, 6.45) is 2.76. The molecule has 1 saturated heterocycles. The van der Waals surface area contributed by atoms with Gasteiger partial charge in [0.1, 0.15) is 24.1 Å². The number of aromatic nitrogens is 2. The van der Waals surface area contributed by atoms with E-state index in [9.17, 15) is 23.4 Å². The normalized spacial score (nSPS) is 16.7. The van der Waals surface area contributed by atoms with E-state index in [1.165, 1.54) is 18.5 Å². The molecule has 0 bridgehead atoms. The van der Waals surface area contributed by atoms with E-state index in [1.807, 2.05) is 4.72 Å². The molecule has 5 N–H and O–H groups in total. The summed E-state index contributed by atoms with van der Waals surface area (Å²) in [7, 11) is -3.73. The van der Waals surface area contributed by atoms with Gasteiger partial charge in [-0.3, -0.25) is 13.9 Å². The molecule has 0 saturated carbocycles. The second kappa shape index (κ2) is 6.64. The van der Waals surface area contributed by atoms with E-state index >= 15 is 0 Å². The third-order valence-corrected chi connectivity index (χ3v) is 4.87. The van der Waals surface area contributed by atoms with E-state index < -0.39 is 40.7 Å². The summed E-state index contributed by atoms with van der Waals surface area (Å²) in [6.45, 7) is -0.388. The van der Waals surface area contributed by atoms with Gasteiger partial charge < -0.3 is 10.4 Å². The first-order chi connectivity index (χ1) is 12.3. The first kappa shape index (κ1) is 17.7. The number of carbonyl (C=O) groups excluding carboxylic acids is 1. The second-order valence-electron chi connectivity index (χ2n) is 5.29. The maximum atomic E-state index is 14.4. The number of nitrogens with zero attached hydrogens (tertiary/aromatic N) is 4. The van der Waals surface area contributed by atoms with Crippen LogP contribution in [0.15, 0.2) is 24.5 Å². The van der Waals surface area contributed by atoms with Gasteiger partial charge in [-0.15, -0.1) is 0 Å². The largest absolute Gasteiger partial charge is 0.506 e. The van der Waals surface area contributed by atoms with Crippen molar-refractivity contribution in [1.82, 2.24) is 14.7 Å². The Morgan fingerprint density at radius 3 is 2.62 bits per heavy atom. The van der Waals surface area contributed by atoms with Crippen LogP contribution in [0, 0.1) is 17.1 Å². The molecule has 0 aliphatic carbocycles. The highest BCUT2D eigenvalue weighted by molar-refractivity contribution is 8.24. The average molecular weight is 380 g/mol. The fraction of sp³-hybridized carbons (Fsp3) is 0.143. The highest BCUT2D eigenvalue weighted by Crippen LogP contribution is 2.49. The fourth-order valence-corrected chi connectivity index (χ4v) is 3.55. The summed E-state index contributed by atoms with van der Waals surface area (Å²) >= 11 is 0. The Kier molecular flexibility index (Phi) is 4.51. The predicted molar refractivity (Wildman–Crippen MR) is 90.5 cm³/mol. The molecule has 1 amide bonds. The van der Waals surface area contributed by atoms with Gasteiger partial charge in [0.2, 0.25) is 5.82 Å². The van der Waals surface area contributed by atoms with Crippen LogP contribution in [-0.2, 0) is 11.3 Å². The number of phenols is 1. The van der Waals surface area contributed by atoms with Gasteiger partial charge in [0.25, 0.3) is 5.91 Å². The Hall–Kier alpha value is -3.14. The zero-order valence-electron chi connectivity index (χ0n) is 13.0. The molecule has 10 nitrogen and oxygen atoms in total. The van der Waals surface area contributed by atoms with Crippen molar-refractivity contribution in [2.75, 3.05) is 16.2 Å². The van der Waals surface area contributed by atoms with Crippen LogP contribution in [0.3, 0.4) is 0 Å². The molecule has 0 spiro atoms. The summed E-state index contributed by atoms with van der Waals surface area (Å²) in [5.74, 6) is -2.16. The van der Waals surface area contributed by atoms with E-state index in [0.717, 1.165) is 6.07 Å². The van der Waals surface area contributed by atoms with E-state index in [1.54, 1.807) is 6.07 Å². The number of nitriles is 1. The quantitative estimate of drug-likeness (QED) is 0.528. The molecule has 136 valence electrons. The number of nitrogens with one attached hydrogen (secondary N) is 2. The molecule has 0 radical (unpaired) electrons. The lowest BCUT2D eigenvalue weighted by Crippen LogP contribution is -2.26. The number of rotatable bonds is 4. The zero-order valence-corrected chi connectivity index (χ0v) is 13.9. The Labute approximate surface area is 148 Å². The third-order valence-electron chi connectivity index (χ3n) is 3.45. The Morgan fingerprint density at radius 2 is 2.08 bits per heavy atom. The van der Waals surface area contributed by atoms with Gasteiger partial charge in [0.05, 0.1) is 18.1 Å². The molecule has 26 heavy (non-hydrogen) atoms. The Bertz CT molecular complexity index is 878. The highest BCUT2D eigenvalue weighted by atomic mass is 32.3. The topological polar surface area (TPSA) is 155 Å². The molecule has 1 fully saturated rings. The molecule has 3 rings (SSSR count). The molecular weight excluding hydrogens is 367 g/mol. The minimum atomic E-state index is -3.73. The van der Waals surface area contributed by atoms with E-state index in [0.29, 0.717) is 15.6 Å². The number of hydrogen-bond acceptors (Lipinski definition) is 9. The standard InChI is InChI=1S/C14H13FN6O4S/c15-10-1-8(4-17-9-5-18-12(3-16)19-6-9)2-11(22)14(10)21-7-13(23)20-26(21,24)25/h1-2,5-6,17,22,24-25H,4,7H2,(H,20,23). The van der Waals surface area contributed by atoms with Crippen LogP contribution >= 0.6 is 11.0 Å². The molecule has 0 atom stereocenters. The maximum Gasteiger partial charge on any atom is 0.260 e. The number of anilines is 2. The Morgan fingerprint density at radius 1 is 1.38 bits per heavy atom. The van der Waals surface area contributed by atoms with Crippen LogP contribution in [0.1, 0.15) is 11.4 Å². The molecule has 1 aromatic carbocycles. The van der Waals surface area contributed by atoms with Gasteiger partial charge >= 0.3 is 0 Å². The first-order valence-corrected chi connectivity index (χ1v) is 8.64. The van der Waals surface area contributed by atoms with Gasteiger partial charge in [0.15, 0.2) is 5.82 Å². The molecule has 12 heteroatoms. The van der Waals surface area contributed by atoms with Crippen molar-refractivity contribution in [3.63, 3.8) is 0 Å². The monoisotopic (exact) mass is 380 g/mol. The van der Waals surface area contributed by atoms with Crippen LogP contribution in [0.5, 0.6) is 5.75 Å². The van der Waals surface area contributed by atoms with Crippen LogP contribution in [0.25, 0.3) is 0 Å². The van der Waals surface area contributed by atoms with Crippen molar-refractivity contribution in [2.24, 2.45) is 0 Å². The predicted octanol–water partition coefficient (Wildman–Crippen LogP) is 1.32. The number of carbonyl (C=O) groups is 1. The van der Waals surface area contributed by atoms with E-state index in [-0.39, 0.29) is 12.4 Å². The van der Waals surface area contributed by atoms with Crippen molar-refractivity contribution in [1.29, 1.82) is 5.26 Å².